The Morgan fingerprint density at radius 1 is 0.935 bits per heavy atom. The predicted octanol–water partition coefficient (Wildman–Crippen LogP) is 3.43. The van der Waals surface area contributed by atoms with E-state index in [-0.39, 0.29) is 0 Å². The van der Waals surface area contributed by atoms with Crippen LogP contribution in [0.3, 0.4) is 0 Å². The van der Waals surface area contributed by atoms with E-state index in [1.54, 1.807) is 6.20 Å². The third-order valence-corrected chi connectivity index (χ3v) is 6.33. The second-order valence-corrected chi connectivity index (χ2v) is 9.62. The number of rotatable bonds is 11. The van der Waals surface area contributed by atoms with E-state index in [4.69, 9.17) is 10.7 Å². The highest BCUT2D eigenvalue weighted by Gasteiger charge is 2.16. The zero-order valence-corrected chi connectivity index (χ0v) is 18.8. The van der Waals surface area contributed by atoms with E-state index in [0.29, 0.717) is 26.1 Å². The summed E-state index contributed by atoms with van der Waals surface area (Å²) in [6, 6.07) is 20.2. The molecule has 0 atom stereocenters. The lowest BCUT2D eigenvalue weighted by Crippen LogP contribution is -2.31. The van der Waals surface area contributed by atoms with Gasteiger partial charge in [0.1, 0.15) is 5.82 Å². The second kappa shape index (κ2) is 11.1. The van der Waals surface area contributed by atoms with Gasteiger partial charge in [0.2, 0.25) is 10.0 Å². The summed E-state index contributed by atoms with van der Waals surface area (Å²) in [7, 11) is -3.30. The molecule has 3 aromatic rings. The van der Waals surface area contributed by atoms with Crippen molar-refractivity contribution in [3.05, 3.63) is 83.8 Å². The van der Waals surface area contributed by atoms with Crippen molar-refractivity contribution in [2.45, 2.75) is 32.2 Å². The molecule has 0 aliphatic rings. The van der Waals surface area contributed by atoms with Crippen molar-refractivity contribution in [1.29, 1.82) is 0 Å². The van der Waals surface area contributed by atoms with Crippen molar-refractivity contribution in [3.63, 3.8) is 0 Å². The van der Waals surface area contributed by atoms with Crippen molar-refractivity contribution in [3.8, 4) is 11.3 Å². The number of aryl methyl sites for hydroxylation is 2. The lowest BCUT2D eigenvalue weighted by molar-refractivity contribution is 0.405. The predicted molar refractivity (Wildman–Crippen MR) is 125 cm³/mol. The van der Waals surface area contributed by atoms with Gasteiger partial charge in [0.25, 0.3) is 0 Å². The first-order valence-electron chi connectivity index (χ1n) is 10.6. The lowest BCUT2D eigenvalue weighted by atomic mass is 10.1. The number of hydrogen-bond donors (Lipinski definition) is 1. The monoisotopic (exact) mass is 438 g/mol. The van der Waals surface area contributed by atoms with Gasteiger partial charge >= 0.3 is 0 Å². The van der Waals surface area contributed by atoms with Gasteiger partial charge in [0.05, 0.1) is 11.9 Å². The lowest BCUT2D eigenvalue weighted by Gasteiger charge is -2.20. The summed E-state index contributed by atoms with van der Waals surface area (Å²) >= 11 is 0. The third kappa shape index (κ3) is 7.24. The molecule has 1 heterocycles. The normalized spacial score (nSPS) is 11.7. The van der Waals surface area contributed by atoms with E-state index in [1.807, 2.05) is 36.4 Å². The number of nitrogens with zero attached hydrogens (tertiary/aromatic N) is 3. The van der Waals surface area contributed by atoms with Crippen molar-refractivity contribution in [2.24, 2.45) is 5.73 Å². The van der Waals surface area contributed by atoms with E-state index in [1.165, 1.54) is 16.1 Å². The SMILES string of the molecule is CS(=O)(=O)N(CCCN)Cc1cccc(-c2ccnc(CCCc3ccccc3)n2)c1. The molecule has 0 saturated carbocycles. The van der Waals surface area contributed by atoms with Crippen LogP contribution >= 0.6 is 0 Å². The van der Waals surface area contributed by atoms with Crippen LogP contribution in [0.1, 0.15) is 29.8 Å². The minimum Gasteiger partial charge on any atom is -0.330 e. The van der Waals surface area contributed by atoms with Crippen LogP contribution < -0.4 is 5.73 Å². The number of benzene rings is 2. The summed E-state index contributed by atoms with van der Waals surface area (Å²) in [6.45, 7) is 1.19. The van der Waals surface area contributed by atoms with Crippen molar-refractivity contribution < 1.29 is 8.42 Å². The van der Waals surface area contributed by atoms with Gasteiger partial charge in [-0.05, 0) is 49.1 Å². The maximum atomic E-state index is 12.1. The maximum absolute atomic E-state index is 12.1. The van der Waals surface area contributed by atoms with Gasteiger partial charge in [-0.2, -0.15) is 4.31 Å². The average Bonchev–Trinajstić information content (AvgIpc) is 2.77. The molecule has 164 valence electrons. The topological polar surface area (TPSA) is 89.2 Å². The summed E-state index contributed by atoms with van der Waals surface area (Å²) in [5.41, 5.74) is 9.60. The standard InChI is InChI=1S/C24H30N4O2S/c1-31(29,30)28(17-7-15-25)19-21-11-5-12-22(18-21)23-14-16-26-24(27-23)13-6-10-20-8-3-2-4-9-20/h2-5,8-9,11-12,14,16,18H,6-7,10,13,15,17,19,25H2,1H3. The van der Waals surface area contributed by atoms with Crippen LogP contribution in [0.5, 0.6) is 0 Å². The van der Waals surface area contributed by atoms with E-state index >= 15 is 0 Å². The quantitative estimate of drug-likeness (QED) is 0.495. The fraction of sp³-hybridized carbons (Fsp3) is 0.333. The molecule has 0 aliphatic carbocycles. The highest BCUT2D eigenvalue weighted by Crippen LogP contribution is 2.20. The molecule has 0 radical (unpaired) electrons. The molecular formula is C24H30N4O2S. The summed E-state index contributed by atoms with van der Waals surface area (Å²) < 4.78 is 25.7. The molecule has 0 unspecified atom stereocenters. The Bertz CT molecular complexity index is 1070. The summed E-state index contributed by atoms with van der Waals surface area (Å²) in [6.07, 6.45) is 6.44. The molecule has 0 bridgehead atoms. The highest BCUT2D eigenvalue weighted by molar-refractivity contribution is 7.88. The summed E-state index contributed by atoms with van der Waals surface area (Å²) in [5, 5.41) is 0. The molecule has 1 aromatic heterocycles. The van der Waals surface area contributed by atoms with Gasteiger partial charge in [0, 0.05) is 31.3 Å². The minimum atomic E-state index is -3.30. The van der Waals surface area contributed by atoms with Gasteiger partial charge in [-0.1, -0.05) is 48.5 Å². The third-order valence-electron chi connectivity index (χ3n) is 5.08. The smallest absolute Gasteiger partial charge is 0.211 e. The van der Waals surface area contributed by atoms with Gasteiger partial charge in [0.15, 0.2) is 0 Å². The highest BCUT2D eigenvalue weighted by atomic mass is 32.2. The Kier molecular flexibility index (Phi) is 8.28. The molecule has 0 amide bonds. The molecule has 6 nitrogen and oxygen atoms in total. The number of aromatic nitrogens is 2. The van der Waals surface area contributed by atoms with E-state index in [9.17, 15) is 8.42 Å². The molecular weight excluding hydrogens is 408 g/mol. The molecule has 31 heavy (non-hydrogen) atoms. The van der Waals surface area contributed by atoms with Crippen LogP contribution in [-0.2, 0) is 29.4 Å². The van der Waals surface area contributed by atoms with Crippen LogP contribution in [0.15, 0.2) is 66.9 Å². The molecule has 0 aliphatic heterocycles. The zero-order valence-electron chi connectivity index (χ0n) is 17.9. The molecule has 0 spiro atoms. The van der Waals surface area contributed by atoms with Gasteiger partial charge < -0.3 is 5.73 Å². The molecule has 2 aromatic carbocycles. The second-order valence-electron chi connectivity index (χ2n) is 7.64. The van der Waals surface area contributed by atoms with Crippen LogP contribution in [0.25, 0.3) is 11.3 Å². The Labute approximate surface area is 185 Å². The largest absolute Gasteiger partial charge is 0.330 e. The Morgan fingerprint density at radius 3 is 2.45 bits per heavy atom. The first-order valence-corrected chi connectivity index (χ1v) is 12.4. The van der Waals surface area contributed by atoms with Crippen LogP contribution in [-0.4, -0.2) is 42.0 Å². The maximum Gasteiger partial charge on any atom is 0.211 e. The van der Waals surface area contributed by atoms with E-state index < -0.39 is 10.0 Å². The van der Waals surface area contributed by atoms with Gasteiger partial charge in [-0.15, -0.1) is 0 Å². The van der Waals surface area contributed by atoms with Crippen molar-refractivity contribution in [2.75, 3.05) is 19.3 Å². The van der Waals surface area contributed by atoms with E-state index in [0.717, 1.165) is 41.9 Å². The molecule has 3 rings (SSSR count). The fourth-order valence-electron chi connectivity index (χ4n) is 3.44. The van der Waals surface area contributed by atoms with Crippen molar-refractivity contribution >= 4 is 10.0 Å². The molecule has 0 fully saturated rings. The first kappa shape index (κ1) is 23.1. The van der Waals surface area contributed by atoms with E-state index in [2.05, 4.69) is 29.2 Å². The molecule has 7 heteroatoms. The fourth-order valence-corrected chi connectivity index (χ4v) is 4.28. The first-order chi connectivity index (χ1) is 15.0. The minimum absolute atomic E-state index is 0.321. The van der Waals surface area contributed by atoms with Crippen LogP contribution in [0.4, 0.5) is 0 Å². The Balaban J connectivity index is 1.69. The van der Waals surface area contributed by atoms with Crippen molar-refractivity contribution in [1.82, 2.24) is 14.3 Å². The van der Waals surface area contributed by atoms with Gasteiger partial charge in [-0.3, -0.25) is 0 Å². The average molecular weight is 439 g/mol. The Hall–Kier alpha value is -2.61. The van der Waals surface area contributed by atoms with Crippen LogP contribution in [0, 0.1) is 0 Å². The number of hydrogen-bond acceptors (Lipinski definition) is 5. The van der Waals surface area contributed by atoms with Gasteiger partial charge in [-0.25, -0.2) is 18.4 Å². The summed E-state index contributed by atoms with van der Waals surface area (Å²) in [4.78, 5) is 9.16. The van der Waals surface area contributed by atoms with Crippen LogP contribution in [0.2, 0.25) is 0 Å². The zero-order chi connectivity index (χ0) is 22.1. The summed E-state index contributed by atoms with van der Waals surface area (Å²) in [5.74, 6) is 0.819. The Morgan fingerprint density at radius 2 is 1.71 bits per heavy atom. The molecule has 0 saturated heterocycles. The molecule has 2 N–H and O–H groups in total. The number of nitrogens with two attached hydrogens (primary N) is 1. The number of sulfonamides is 1.